The minimum absolute atomic E-state index is 0.188. The first-order valence-corrected chi connectivity index (χ1v) is 7.85. The van der Waals surface area contributed by atoms with E-state index >= 15 is 0 Å². The first-order chi connectivity index (χ1) is 9.69. The zero-order valence-corrected chi connectivity index (χ0v) is 12.4. The molecular formula is C15H27NO4. The highest BCUT2D eigenvalue weighted by Gasteiger charge is 2.50. The topological polar surface area (TPSA) is 67.8 Å². The SMILES string of the molecule is CCOCCOCCC1CCCC1(NC1CC1)C(=O)O. The van der Waals surface area contributed by atoms with Gasteiger partial charge in [-0.25, -0.2) is 0 Å². The van der Waals surface area contributed by atoms with Crippen LogP contribution in [0.15, 0.2) is 0 Å². The van der Waals surface area contributed by atoms with E-state index in [1.807, 2.05) is 6.92 Å². The van der Waals surface area contributed by atoms with E-state index in [1.165, 1.54) is 0 Å². The van der Waals surface area contributed by atoms with Crippen LogP contribution < -0.4 is 5.32 Å². The summed E-state index contributed by atoms with van der Waals surface area (Å²) in [7, 11) is 0. The largest absolute Gasteiger partial charge is 0.480 e. The zero-order chi connectivity index (χ0) is 14.4. The summed E-state index contributed by atoms with van der Waals surface area (Å²) in [4.78, 5) is 11.7. The molecule has 0 aromatic heterocycles. The predicted octanol–water partition coefficient (Wildman–Crippen LogP) is 1.81. The zero-order valence-electron chi connectivity index (χ0n) is 12.4. The highest BCUT2D eigenvalue weighted by Crippen LogP contribution is 2.40. The van der Waals surface area contributed by atoms with Crippen molar-refractivity contribution in [2.45, 2.75) is 57.0 Å². The van der Waals surface area contributed by atoms with E-state index in [9.17, 15) is 9.90 Å². The molecule has 5 nitrogen and oxygen atoms in total. The number of carbonyl (C=O) groups is 1. The van der Waals surface area contributed by atoms with Crippen LogP contribution in [0.2, 0.25) is 0 Å². The number of ether oxygens (including phenoxy) is 2. The Morgan fingerprint density at radius 1 is 1.25 bits per heavy atom. The van der Waals surface area contributed by atoms with Crippen LogP contribution in [0.25, 0.3) is 0 Å². The number of nitrogens with one attached hydrogen (secondary N) is 1. The van der Waals surface area contributed by atoms with Crippen LogP contribution in [0.3, 0.4) is 0 Å². The summed E-state index contributed by atoms with van der Waals surface area (Å²) in [6.07, 6.45) is 5.79. The lowest BCUT2D eigenvalue weighted by Crippen LogP contribution is -2.55. The van der Waals surface area contributed by atoms with Gasteiger partial charge in [-0.15, -0.1) is 0 Å². The molecule has 0 spiro atoms. The first kappa shape index (κ1) is 15.7. The number of carboxylic acids is 1. The minimum atomic E-state index is -0.704. The monoisotopic (exact) mass is 285 g/mol. The van der Waals surface area contributed by atoms with Gasteiger partial charge in [0.15, 0.2) is 0 Å². The third kappa shape index (κ3) is 3.93. The Morgan fingerprint density at radius 3 is 2.65 bits per heavy atom. The quantitative estimate of drug-likeness (QED) is 0.599. The fourth-order valence-corrected chi connectivity index (χ4v) is 3.18. The maximum atomic E-state index is 11.7. The van der Waals surface area contributed by atoms with Crippen molar-refractivity contribution in [2.75, 3.05) is 26.4 Å². The van der Waals surface area contributed by atoms with E-state index in [1.54, 1.807) is 0 Å². The summed E-state index contributed by atoms with van der Waals surface area (Å²) in [6.45, 7) is 4.50. The van der Waals surface area contributed by atoms with Gasteiger partial charge in [0, 0.05) is 19.3 Å². The van der Waals surface area contributed by atoms with Crippen LogP contribution in [0.4, 0.5) is 0 Å². The molecule has 2 rings (SSSR count). The van der Waals surface area contributed by atoms with Crippen molar-refractivity contribution in [3.05, 3.63) is 0 Å². The average molecular weight is 285 g/mol. The molecular weight excluding hydrogens is 258 g/mol. The molecule has 2 aliphatic carbocycles. The summed E-state index contributed by atoms with van der Waals surface area (Å²) < 4.78 is 10.8. The average Bonchev–Trinajstić information content (AvgIpc) is 3.13. The molecule has 2 atom stereocenters. The van der Waals surface area contributed by atoms with Gasteiger partial charge in [-0.1, -0.05) is 6.42 Å². The smallest absolute Gasteiger partial charge is 0.324 e. The normalized spacial score (nSPS) is 29.8. The van der Waals surface area contributed by atoms with Gasteiger partial charge in [0.1, 0.15) is 5.54 Å². The van der Waals surface area contributed by atoms with Crippen molar-refractivity contribution in [2.24, 2.45) is 5.92 Å². The lowest BCUT2D eigenvalue weighted by atomic mass is 9.84. The van der Waals surface area contributed by atoms with Crippen molar-refractivity contribution in [1.29, 1.82) is 0 Å². The Labute approximate surface area is 121 Å². The predicted molar refractivity (Wildman–Crippen MR) is 75.8 cm³/mol. The van der Waals surface area contributed by atoms with Crippen LogP contribution in [0.5, 0.6) is 0 Å². The molecule has 116 valence electrons. The molecule has 0 radical (unpaired) electrons. The second kappa shape index (κ2) is 7.38. The molecule has 2 aliphatic rings. The molecule has 0 heterocycles. The standard InChI is InChI=1S/C15H27NO4/c1-2-19-10-11-20-9-7-12-4-3-8-15(12,14(17)18)16-13-5-6-13/h12-13,16H,2-11H2,1H3,(H,17,18). The van der Waals surface area contributed by atoms with Gasteiger partial charge >= 0.3 is 5.97 Å². The lowest BCUT2D eigenvalue weighted by Gasteiger charge is -2.32. The Balaban J connectivity index is 1.77. The summed E-state index contributed by atoms with van der Waals surface area (Å²) in [6, 6.07) is 0.422. The third-order valence-electron chi connectivity index (χ3n) is 4.43. The maximum absolute atomic E-state index is 11.7. The van der Waals surface area contributed by atoms with E-state index in [-0.39, 0.29) is 5.92 Å². The summed E-state index contributed by atoms with van der Waals surface area (Å²) in [5, 5.41) is 13.1. The Kier molecular flexibility index (Phi) is 5.81. The van der Waals surface area contributed by atoms with Gasteiger partial charge in [0.05, 0.1) is 13.2 Å². The van der Waals surface area contributed by atoms with Crippen molar-refractivity contribution in [3.8, 4) is 0 Å². The molecule has 0 saturated heterocycles. The summed E-state index contributed by atoms with van der Waals surface area (Å²) >= 11 is 0. The van der Waals surface area contributed by atoms with Gasteiger partial charge < -0.3 is 14.6 Å². The molecule has 5 heteroatoms. The maximum Gasteiger partial charge on any atom is 0.324 e. The van der Waals surface area contributed by atoms with Gasteiger partial charge in [-0.05, 0) is 44.9 Å². The fourth-order valence-electron chi connectivity index (χ4n) is 3.18. The lowest BCUT2D eigenvalue weighted by molar-refractivity contribution is -0.147. The molecule has 0 aromatic rings. The van der Waals surface area contributed by atoms with Gasteiger partial charge in [0.25, 0.3) is 0 Å². The van der Waals surface area contributed by atoms with E-state index in [4.69, 9.17) is 9.47 Å². The molecule has 0 aromatic carbocycles. The highest BCUT2D eigenvalue weighted by molar-refractivity contribution is 5.80. The number of hydrogen-bond donors (Lipinski definition) is 2. The number of aliphatic carboxylic acids is 1. The van der Waals surface area contributed by atoms with Crippen LogP contribution in [-0.2, 0) is 14.3 Å². The van der Waals surface area contributed by atoms with Crippen molar-refractivity contribution < 1.29 is 19.4 Å². The summed E-state index contributed by atoms with van der Waals surface area (Å²) in [5.74, 6) is -0.492. The van der Waals surface area contributed by atoms with Gasteiger partial charge in [-0.3, -0.25) is 10.1 Å². The highest BCUT2D eigenvalue weighted by atomic mass is 16.5. The molecule has 0 amide bonds. The molecule has 0 bridgehead atoms. The van der Waals surface area contributed by atoms with Gasteiger partial charge in [-0.2, -0.15) is 0 Å². The summed E-state index contributed by atoms with van der Waals surface area (Å²) in [5.41, 5.74) is -0.704. The Bertz CT molecular complexity index is 319. The molecule has 2 N–H and O–H groups in total. The van der Waals surface area contributed by atoms with Crippen LogP contribution in [0.1, 0.15) is 45.4 Å². The molecule has 2 unspecified atom stereocenters. The molecule has 2 fully saturated rings. The van der Waals surface area contributed by atoms with Crippen molar-refractivity contribution >= 4 is 5.97 Å². The number of carboxylic acid groups (broad SMARTS) is 1. The van der Waals surface area contributed by atoms with E-state index in [2.05, 4.69) is 5.32 Å². The van der Waals surface area contributed by atoms with Crippen LogP contribution >= 0.6 is 0 Å². The van der Waals surface area contributed by atoms with E-state index < -0.39 is 11.5 Å². The van der Waals surface area contributed by atoms with Crippen molar-refractivity contribution in [3.63, 3.8) is 0 Å². The Hall–Kier alpha value is -0.650. The Morgan fingerprint density at radius 2 is 2.00 bits per heavy atom. The first-order valence-electron chi connectivity index (χ1n) is 7.85. The fraction of sp³-hybridized carbons (Fsp3) is 0.933. The van der Waals surface area contributed by atoms with Crippen LogP contribution in [-0.4, -0.2) is 49.1 Å². The van der Waals surface area contributed by atoms with Gasteiger partial charge in [0.2, 0.25) is 0 Å². The van der Waals surface area contributed by atoms with Crippen molar-refractivity contribution in [1.82, 2.24) is 5.32 Å². The minimum Gasteiger partial charge on any atom is -0.480 e. The number of rotatable bonds is 10. The van der Waals surface area contributed by atoms with E-state index in [0.29, 0.717) is 32.5 Å². The second-order valence-corrected chi connectivity index (χ2v) is 5.88. The number of hydrogen-bond acceptors (Lipinski definition) is 4. The van der Waals surface area contributed by atoms with E-state index in [0.717, 1.165) is 38.5 Å². The molecule has 2 saturated carbocycles. The van der Waals surface area contributed by atoms with Crippen LogP contribution in [0, 0.1) is 5.92 Å². The molecule has 20 heavy (non-hydrogen) atoms. The second-order valence-electron chi connectivity index (χ2n) is 5.88. The molecule has 0 aliphatic heterocycles. The third-order valence-corrected chi connectivity index (χ3v) is 4.43.